The molecule has 0 saturated carbocycles. The van der Waals surface area contributed by atoms with Gasteiger partial charge in [0, 0.05) is 48.6 Å². The molecule has 37 heavy (non-hydrogen) atoms. The fourth-order valence-corrected chi connectivity index (χ4v) is 4.79. The number of hydrogen-bond acceptors (Lipinski definition) is 8. The zero-order valence-electron chi connectivity index (χ0n) is 20.5. The van der Waals surface area contributed by atoms with Gasteiger partial charge in [0.05, 0.1) is 11.1 Å². The van der Waals surface area contributed by atoms with E-state index in [2.05, 4.69) is 20.7 Å². The molecule has 190 valence electrons. The summed E-state index contributed by atoms with van der Waals surface area (Å²) in [4.78, 5) is 38.2. The van der Waals surface area contributed by atoms with Crippen LogP contribution < -0.4 is 15.4 Å². The smallest absolute Gasteiger partial charge is 0.248 e. The Morgan fingerprint density at radius 3 is 2.65 bits per heavy atom. The van der Waals surface area contributed by atoms with Gasteiger partial charge in [0.25, 0.3) is 0 Å². The van der Waals surface area contributed by atoms with Gasteiger partial charge in [-0.25, -0.2) is 4.98 Å². The zero-order chi connectivity index (χ0) is 26.0. The molecule has 1 saturated heterocycles. The van der Waals surface area contributed by atoms with E-state index in [1.807, 2.05) is 24.3 Å². The van der Waals surface area contributed by atoms with Crippen molar-refractivity contribution in [3.63, 3.8) is 0 Å². The number of carbonyl (C=O) groups excluding carboxylic acids is 2. The van der Waals surface area contributed by atoms with Crippen molar-refractivity contribution in [2.45, 2.75) is 29.2 Å². The summed E-state index contributed by atoms with van der Waals surface area (Å²) in [6.07, 6.45) is 9.75. The number of nitrogens with zero attached hydrogens (tertiary/aromatic N) is 4. The van der Waals surface area contributed by atoms with Crippen molar-refractivity contribution in [2.75, 3.05) is 37.6 Å². The van der Waals surface area contributed by atoms with E-state index < -0.39 is 5.91 Å². The second-order valence-corrected chi connectivity index (χ2v) is 9.73. The first-order valence-corrected chi connectivity index (χ1v) is 12.9. The number of hydrogen-bond donors (Lipinski definition) is 1. The first-order valence-electron chi connectivity index (χ1n) is 12.1. The van der Waals surface area contributed by atoms with E-state index in [4.69, 9.17) is 21.9 Å². The lowest BCUT2D eigenvalue weighted by Crippen LogP contribution is -2.47. The Balaban J connectivity index is 1.51. The van der Waals surface area contributed by atoms with Crippen LogP contribution in [0.15, 0.2) is 64.5 Å². The van der Waals surface area contributed by atoms with Crippen LogP contribution in [0.1, 0.15) is 39.1 Å². The van der Waals surface area contributed by atoms with Gasteiger partial charge in [-0.15, -0.1) is 12.3 Å². The van der Waals surface area contributed by atoms with Crippen LogP contribution in [-0.2, 0) is 6.61 Å². The highest BCUT2D eigenvalue weighted by Gasteiger charge is 2.21. The third kappa shape index (κ3) is 7.32. The van der Waals surface area contributed by atoms with Crippen LogP contribution in [-0.4, -0.2) is 59.8 Å². The predicted molar refractivity (Wildman–Crippen MR) is 144 cm³/mol. The van der Waals surface area contributed by atoms with Gasteiger partial charge < -0.3 is 15.4 Å². The largest absolute Gasteiger partial charge is 0.472 e. The molecule has 0 radical (unpaired) electrons. The maximum absolute atomic E-state index is 11.4. The Kier molecular flexibility index (Phi) is 9.13. The highest BCUT2D eigenvalue weighted by molar-refractivity contribution is 7.99. The van der Waals surface area contributed by atoms with Crippen molar-refractivity contribution in [1.29, 1.82) is 0 Å². The molecule has 0 aliphatic carbocycles. The number of carbonyl (C=O) groups is 2. The number of aldehydes is 1. The number of unbranched alkanes of at least 4 members (excludes halogenated alkanes) is 1. The lowest BCUT2D eigenvalue weighted by molar-refractivity contribution is 0.0999. The monoisotopic (exact) mass is 515 g/mol. The fraction of sp³-hybridized carbons (Fsp3) is 0.286. The molecule has 8 nitrogen and oxygen atoms in total. The summed E-state index contributed by atoms with van der Waals surface area (Å²) in [5, 5.41) is 0. The van der Waals surface area contributed by atoms with Gasteiger partial charge >= 0.3 is 0 Å². The highest BCUT2D eigenvalue weighted by atomic mass is 32.2. The SMILES string of the molecule is C#CCCCN1CCN(c2ncc(Sc3ccc(C(N)=O)cc3)c(OCc3cccc(C=O)c3)n2)CC1. The van der Waals surface area contributed by atoms with E-state index in [1.54, 1.807) is 30.5 Å². The summed E-state index contributed by atoms with van der Waals surface area (Å²) in [7, 11) is 0. The molecule has 0 unspecified atom stereocenters. The van der Waals surface area contributed by atoms with E-state index in [1.165, 1.54) is 11.8 Å². The minimum atomic E-state index is -0.470. The first kappa shape index (κ1) is 26.2. The molecule has 4 rings (SSSR count). The molecule has 2 N–H and O–H groups in total. The van der Waals surface area contributed by atoms with E-state index in [0.29, 0.717) is 23.0 Å². The molecule has 1 fully saturated rings. The van der Waals surface area contributed by atoms with Crippen molar-refractivity contribution in [1.82, 2.24) is 14.9 Å². The van der Waals surface area contributed by atoms with Gasteiger partial charge in [0.15, 0.2) is 0 Å². The molecule has 0 atom stereocenters. The molecule has 0 bridgehead atoms. The third-order valence-electron chi connectivity index (χ3n) is 5.99. The number of anilines is 1. The Labute approximate surface area is 221 Å². The summed E-state index contributed by atoms with van der Waals surface area (Å²) in [5.41, 5.74) is 7.26. The van der Waals surface area contributed by atoms with Crippen molar-refractivity contribution in [3.8, 4) is 18.2 Å². The molecule has 0 spiro atoms. The Hall–Kier alpha value is -3.87. The van der Waals surface area contributed by atoms with Crippen LogP contribution in [0.3, 0.4) is 0 Å². The fourth-order valence-electron chi connectivity index (χ4n) is 3.97. The molecule has 2 heterocycles. The van der Waals surface area contributed by atoms with Gasteiger partial charge in [-0.2, -0.15) is 4.98 Å². The van der Waals surface area contributed by atoms with Gasteiger partial charge in [-0.05, 0) is 48.9 Å². The van der Waals surface area contributed by atoms with Gasteiger partial charge in [0.1, 0.15) is 12.9 Å². The lowest BCUT2D eigenvalue weighted by Gasteiger charge is -2.34. The van der Waals surface area contributed by atoms with Crippen molar-refractivity contribution in [3.05, 3.63) is 71.4 Å². The number of aromatic nitrogens is 2. The van der Waals surface area contributed by atoms with Crippen LogP contribution in [0.2, 0.25) is 0 Å². The summed E-state index contributed by atoms with van der Waals surface area (Å²) < 4.78 is 6.16. The summed E-state index contributed by atoms with van der Waals surface area (Å²) in [6.45, 7) is 4.74. The Bertz CT molecular complexity index is 1270. The number of piperazine rings is 1. The maximum atomic E-state index is 11.4. The minimum Gasteiger partial charge on any atom is -0.472 e. The second kappa shape index (κ2) is 12.9. The molecule has 9 heteroatoms. The number of terminal acetylenes is 1. The minimum absolute atomic E-state index is 0.259. The summed E-state index contributed by atoms with van der Waals surface area (Å²) >= 11 is 1.44. The van der Waals surface area contributed by atoms with Crippen LogP contribution in [0.4, 0.5) is 5.95 Å². The number of primary amides is 1. The van der Waals surface area contributed by atoms with Crippen LogP contribution in [0, 0.1) is 12.3 Å². The van der Waals surface area contributed by atoms with Crippen LogP contribution in [0.25, 0.3) is 0 Å². The molecule has 1 aromatic heterocycles. The number of nitrogens with two attached hydrogens (primary N) is 1. The molecule has 1 aliphatic rings. The van der Waals surface area contributed by atoms with Crippen molar-refractivity contribution < 1.29 is 14.3 Å². The second-order valence-electron chi connectivity index (χ2n) is 8.62. The standard InChI is InChI=1S/C28H29N5O3S/c1-2-3-4-12-32-13-15-33(16-14-32)28-30-18-25(37-24-10-8-23(9-11-24)26(29)35)27(31-28)36-20-22-7-5-6-21(17-22)19-34/h1,5-11,17-19H,3-4,12-16,20H2,(H2,29,35). The van der Waals surface area contributed by atoms with Crippen LogP contribution in [0.5, 0.6) is 5.88 Å². The molecule has 2 aromatic carbocycles. The normalized spacial score (nSPS) is 13.6. The Morgan fingerprint density at radius 2 is 1.95 bits per heavy atom. The van der Waals surface area contributed by atoms with E-state index >= 15 is 0 Å². The lowest BCUT2D eigenvalue weighted by atomic mass is 10.1. The quantitative estimate of drug-likeness (QED) is 0.235. The number of ether oxygens (including phenoxy) is 1. The predicted octanol–water partition coefficient (Wildman–Crippen LogP) is 3.65. The van der Waals surface area contributed by atoms with E-state index in [9.17, 15) is 9.59 Å². The van der Waals surface area contributed by atoms with Gasteiger partial charge in [0.2, 0.25) is 17.7 Å². The van der Waals surface area contributed by atoms with Crippen molar-refractivity contribution >= 4 is 29.9 Å². The molecular formula is C28H29N5O3S. The van der Waals surface area contributed by atoms with Crippen molar-refractivity contribution in [2.24, 2.45) is 5.73 Å². The van der Waals surface area contributed by atoms with Gasteiger partial charge in [-0.1, -0.05) is 30.0 Å². The zero-order valence-corrected chi connectivity index (χ0v) is 21.3. The molecule has 3 aromatic rings. The molecule has 1 aliphatic heterocycles. The molecular weight excluding hydrogens is 486 g/mol. The average Bonchev–Trinajstić information content (AvgIpc) is 2.93. The summed E-state index contributed by atoms with van der Waals surface area (Å²) in [6, 6.07) is 14.3. The topological polar surface area (TPSA) is 102 Å². The highest BCUT2D eigenvalue weighted by Crippen LogP contribution is 2.35. The van der Waals surface area contributed by atoms with E-state index in [0.717, 1.165) is 67.2 Å². The number of amides is 1. The van der Waals surface area contributed by atoms with E-state index in [-0.39, 0.29) is 6.61 Å². The molecule has 1 amide bonds. The first-order chi connectivity index (χ1) is 18.1. The number of benzene rings is 2. The maximum Gasteiger partial charge on any atom is 0.248 e. The number of rotatable bonds is 11. The third-order valence-corrected chi connectivity index (χ3v) is 7.00. The van der Waals surface area contributed by atoms with Gasteiger partial charge in [-0.3, -0.25) is 14.5 Å². The Morgan fingerprint density at radius 1 is 1.16 bits per heavy atom. The summed E-state index contributed by atoms with van der Waals surface area (Å²) in [5.74, 6) is 3.31. The van der Waals surface area contributed by atoms with Crippen LogP contribution >= 0.6 is 11.8 Å². The average molecular weight is 516 g/mol.